The van der Waals surface area contributed by atoms with Crippen LogP contribution in [0.5, 0.6) is 0 Å². The van der Waals surface area contributed by atoms with Gasteiger partial charge in [-0.05, 0) is 48.8 Å². The van der Waals surface area contributed by atoms with Gasteiger partial charge in [-0.15, -0.1) is 10.2 Å². The topological polar surface area (TPSA) is 84.2 Å². The molecular formula is C26H22N6OS2. The first kappa shape index (κ1) is 22.8. The fraction of sp³-hybridized carbons (Fsp3) is 0.115. The number of carbonyl (C=O) groups excluding carboxylic acids is 1. The molecule has 5 rings (SSSR count). The van der Waals surface area contributed by atoms with Crippen molar-refractivity contribution in [1.29, 1.82) is 0 Å². The molecule has 0 bridgehead atoms. The summed E-state index contributed by atoms with van der Waals surface area (Å²) in [6, 6.07) is 25.3. The number of aryl methyl sites for hydroxylation is 2. The van der Waals surface area contributed by atoms with Crippen LogP contribution in [0.15, 0.2) is 78.9 Å². The van der Waals surface area contributed by atoms with Gasteiger partial charge in [-0.3, -0.25) is 4.79 Å². The Bertz CT molecular complexity index is 1470. The van der Waals surface area contributed by atoms with Crippen LogP contribution in [0.4, 0.5) is 5.69 Å². The molecule has 0 atom stereocenters. The van der Waals surface area contributed by atoms with Gasteiger partial charge in [0.05, 0.1) is 5.92 Å². The Morgan fingerprint density at radius 3 is 2.23 bits per heavy atom. The van der Waals surface area contributed by atoms with Crippen LogP contribution in [-0.2, 0) is 4.79 Å². The molecule has 0 unspecified atom stereocenters. The summed E-state index contributed by atoms with van der Waals surface area (Å²) in [6.45, 7) is 3.85. The van der Waals surface area contributed by atoms with E-state index in [0.29, 0.717) is 0 Å². The molecule has 0 aliphatic carbocycles. The Morgan fingerprint density at radius 1 is 0.943 bits per heavy atom. The maximum atomic E-state index is 13.4. The lowest BCUT2D eigenvalue weighted by Crippen LogP contribution is -2.38. The molecule has 7 nitrogen and oxygen atoms in total. The molecule has 1 amide bonds. The van der Waals surface area contributed by atoms with Crippen LogP contribution in [0.1, 0.15) is 28.4 Å². The lowest BCUT2D eigenvalue weighted by Gasteiger charge is -2.19. The number of aromatic nitrogens is 4. The Morgan fingerprint density at radius 2 is 1.60 bits per heavy atom. The molecule has 5 aromatic rings. The van der Waals surface area contributed by atoms with E-state index in [2.05, 4.69) is 25.9 Å². The molecule has 174 valence electrons. The van der Waals surface area contributed by atoms with Gasteiger partial charge in [0.1, 0.15) is 5.01 Å². The van der Waals surface area contributed by atoms with Crippen molar-refractivity contribution < 1.29 is 4.79 Å². The molecule has 0 spiro atoms. The van der Waals surface area contributed by atoms with Crippen molar-refractivity contribution in [3.8, 4) is 10.6 Å². The van der Waals surface area contributed by atoms with E-state index in [4.69, 9.17) is 12.2 Å². The molecule has 0 saturated carbocycles. The Labute approximate surface area is 211 Å². The van der Waals surface area contributed by atoms with Crippen LogP contribution >= 0.6 is 23.6 Å². The van der Waals surface area contributed by atoms with E-state index < -0.39 is 5.92 Å². The van der Waals surface area contributed by atoms with Crippen LogP contribution in [0.2, 0.25) is 0 Å². The highest BCUT2D eigenvalue weighted by Crippen LogP contribution is 2.29. The third-order valence-corrected chi connectivity index (χ3v) is 6.80. The van der Waals surface area contributed by atoms with Crippen LogP contribution < -0.4 is 10.6 Å². The maximum absolute atomic E-state index is 13.4. The summed E-state index contributed by atoms with van der Waals surface area (Å²) in [7, 11) is 0. The van der Waals surface area contributed by atoms with Crippen molar-refractivity contribution in [1.82, 2.24) is 25.1 Å². The molecular weight excluding hydrogens is 476 g/mol. The summed E-state index contributed by atoms with van der Waals surface area (Å²) in [5.41, 5.74) is 4.51. The van der Waals surface area contributed by atoms with Crippen LogP contribution in [0.25, 0.3) is 15.5 Å². The first-order valence-electron chi connectivity index (χ1n) is 11.0. The standard InChI is InChI=1S/C26H22N6OS2/c1-16-13-14-20(24-31-32-17(2)29-30-26(32)35-24)15-21(16)27-25(34)28-23(33)22(18-9-5-3-6-10-18)19-11-7-4-8-12-19/h3-15,22H,1-2H3,(H2,27,28,33,34). The van der Waals surface area contributed by atoms with E-state index in [1.807, 2.05) is 92.7 Å². The highest BCUT2D eigenvalue weighted by molar-refractivity contribution is 7.80. The number of hydrogen-bond donors (Lipinski definition) is 2. The summed E-state index contributed by atoms with van der Waals surface area (Å²) >= 11 is 6.99. The lowest BCUT2D eigenvalue weighted by molar-refractivity contribution is -0.120. The van der Waals surface area contributed by atoms with E-state index >= 15 is 0 Å². The number of rotatable bonds is 5. The fourth-order valence-electron chi connectivity index (χ4n) is 3.84. The SMILES string of the molecule is Cc1ccc(-c2nn3c(C)nnc3s2)cc1NC(=S)NC(=O)C(c1ccccc1)c1ccccc1. The number of amides is 1. The van der Waals surface area contributed by atoms with Crippen molar-refractivity contribution >= 4 is 45.2 Å². The number of hydrogen-bond acceptors (Lipinski definition) is 6. The Balaban J connectivity index is 1.36. The Kier molecular flexibility index (Phi) is 6.35. The second-order valence-corrected chi connectivity index (χ2v) is 9.44. The molecule has 9 heteroatoms. The summed E-state index contributed by atoms with van der Waals surface area (Å²) in [4.78, 5) is 14.1. The normalized spacial score (nSPS) is 11.1. The molecule has 2 N–H and O–H groups in total. The molecule has 0 radical (unpaired) electrons. The molecule has 0 aliphatic heterocycles. The quantitative estimate of drug-likeness (QED) is 0.328. The third-order valence-electron chi connectivity index (χ3n) is 5.64. The van der Waals surface area contributed by atoms with Crippen molar-refractivity contribution in [2.24, 2.45) is 0 Å². The molecule has 3 aromatic carbocycles. The highest BCUT2D eigenvalue weighted by atomic mass is 32.1. The van der Waals surface area contributed by atoms with E-state index in [1.165, 1.54) is 11.3 Å². The second-order valence-electron chi connectivity index (χ2n) is 8.08. The molecule has 0 saturated heterocycles. The summed E-state index contributed by atoms with van der Waals surface area (Å²) in [5.74, 6) is 0.0639. The van der Waals surface area contributed by atoms with Gasteiger partial charge >= 0.3 is 0 Å². The minimum Gasteiger partial charge on any atom is -0.332 e. The third kappa shape index (κ3) is 4.82. The van der Waals surface area contributed by atoms with Gasteiger partial charge in [0.25, 0.3) is 0 Å². The van der Waals surface area contributed by atoms with Crippen LogP contribution in [0, 0.1) is 13.8 Å². The van der Waals surface area contributed by atoms with Crippen molar-refractivity contribution in [2.45, 2.75) is 19.8 Å². The van der Waals surface area contributed by atoms with Gasteiger partial charge in [-0.25, -0.2) is 0 Å². The predicted molar refractivity (Wildman–Crippen MR) is 143 cm³/mol. The highest BCUT2D eigenvalue weighted by Gasteiger charge is 2.23. The van der Waals surface area contributed by atoms with Gasteiger partial charge in [0.15, 0.2) is 10.9 Å². The fourth-order valence-corrected chi connectivity index (χ4v) is 4.94. The lowest BCUT2D eigenvalue weighted by atomic mass is 9.90. The number of nitrogens with zero attached hydrogens (tertiary/aromatic N) is 4. The first-order chi connectivity index (χ1) is 17.0. The summed E-state index contributed by atoms with van der Waals surface area (Å²) in [6.07, 6.45) is 0. The first-order valence-corrected chi connectivity index (χ1v) is 12.2. The summed E-state index contributed by atoms with van der Waals surface area (Å²) < 4.78 is 1.73. The molecule has 2 heterocycles. The minimum atomic E-state index is -0.479. The smallest absolute Gasteiger partial charge is 0.238 e. The van der Waals surface area contributed by atoms with Crippen molar-refractivity contribution in [3.63, 3.8) is 0 Å². The van der Waals surface area contributed by atoms with Crippen molar-refractivity contribution in [2.75, 3.05) is 5.32 Å². The van der Waals surface area contributed by atoms with E-state index in [0.717, 1.165) is 43.7 Å². The van der Waals surface area contributed by atoms with Gasteiger partial charge in [-0.2, -0.15) is 9.61 Å². The molecule has 0 aliphatic rings. The van der Waals surface area contributed by atoms with Gasteiger partial charge in [0.2, 0.25) is 10.9 Å². The molecule has 2 aromatic heterocycles. The van der Waals surface area contributed by atoms with Gasteiger partial charge in [-0.1, -0.05) is 84.1 Å². The zero-order chi connectivity index (χ0) is 24.4. The van der Waals surface area contributed by atoms with Crippen LogP contribution in [-0.4, -0.2) is 30.8 Å². The average molecular weight is 499 g/mol. The van der Waals surface area contributed by atoms with E-state index in [9.17, 15) is 4.79 Å². The van der Waals surface area contributed by atoms with Gasteiger partial charge in [0, 0.05) is 11.3 Å². The number of carbonyl (C=O) groups is 1. The minimum absolute atomic E-state index is 0.196. The Hall–Kier alpha value is -3.95. The summed E-state index contributed by atoms with van der Waals surface area (Å²) in [5, 5.41) is 19.9. The zero-order valence-electron chi connectivity index (χ0n) is 19.1. The van der Waals surface area contributed by atoms with Gasteiger partial charge < -0.3 is 10.6 Å². The number of nitrogens with one attached hydrogen (secondary N) is 2. The number of fused-ring (bicyclic) bond motifs is 1. The van der Waals surface area contributed by atoms with Crippen molar-refractivity contribution in [3.05, 3.63) is 101 Å². The van der Waals surface area contributed by atoms with E-state index in [1.54, 1.807) is 4.52 Å². The van der Waals surface area contributed by atoms with E-state index in [-0.39, 0.29) is 11.0 Å². The molecule has 0 fully saturated rings. The second kappa shape index (κ2) is 9.73. The largest absolute Gasteiger partial charge is 0.332 e. The average Bonchev–Trinajstić information content (AvgIpc) is 3.44. The zero-order valence-corrected chi connectivity index (χ0v) is 20.7. The predicted octanol–water partition coefficient (Wildman–Crippen LogP) is 5.11. The number of anilines is 1. The molecule has 35 heavy (non-hydrogen) atoms. The number of thiocarbonyl (C=S) groups is 1. The monoisotopic (exact) mass is 498 g/mol. The maximum Gasteiger partial charge on any atom is 0.238 e. The number of benzene rings is 3. The van der Waals surface area contributed by atoms with Crippen LogP contribution in [0.3, 0.4) is 0 Å².